The lowest BCUT2D eigenvalue weighted by Gasteiger charge is -2.12. The van der Waals surface area contributed by atoms with Crippen molar-refractivity contribution >= 4 is 37.8 Å². The van der Waals surface area contributed by atoms with Gasteiger partial charge < -0.3 is 10.4 Å². The number of aliphatic carboxylic acids is 1. The van der Waals surface area contributed by atoms with E-state index < -0.39 is 27.4 Å². The van der Waals surface area contributed by atoms with E-state index in [4.69, 9.17) is 5.11 Å². The van der Waals surface area contributed by atoms with Gasteiger partial charge in [-0.05, 0) is 31.0 Å². The molecule has 0 aromatic heterocycles. The fraction of sp³-hybridized carbons (Fsp3) is 0.385. The van der Waals surface area contributed by atoms with Crippen molar-refractivity contribution in [2.24, 2.45) is 0 Å². The second-order valence-corrected chi connectivity index (χ2v) is 7.72. The first-order chi connectivity index (χ1) is 10.3. The number of carbonyl (C=O) groups is 2. The normalized spacial score (nSPS) is 16.0. The van der Waals surface area contributed by atoms with Gasteiger partial charge in [-0.25, -0.2) is 17.9 Å². The fourth-order valence-electron chi connectivity index (χ4n) is 1.86. The smallest absolute Gasteiger partial charge is 0.329 e. The Morgan fingerprint density at radius 3 is 2.55 bits per heavy atom. The van der Waals surface area contributed by atoms with Crippen LogP contribution < -0.4 is 10.0 Å². The van der Waals surface area contributed by atoms with Crippen LogP contribution in [0.1, 0.15) is 19.3 Å². The van der Waals surface area contributed by atoms with Crippen LogP contribution in [0.4, 0.5) is 0 Å². The second-order valence-electron chi connectivity index (χ2n) is 5.04. The molecule has 3 N–H and O–H groups in total. The molecule has 0 unspecified atom stereocenters. The molecule has 1 aliphatic rings. The fourth-order valence-corrected chi connectivity index (χ4v) is 3.49. The summed E-state index contributed by atoms with van der Waals surface area (Å²) < 4.78 is 27.0. The van der Waals surface area contributed by atoms with Crippen molar-refractivity contribution in [3.63, 3.8) is 0 Å². The topological polar surface area (TPSA) is 113 Å². The first-order valence-electron chi connectivity index (χ1n) is 6.55. The molecular weight excluding hydrogens is 376 g/mol. The summed E-state index contributed by atoms with van der Waals surface area (Å²) in [5, 5.41) is 11.4. The summed E-state index contributed by atoms with van der Waals surface area (Å²) in [5.41, 5.74) is -1.15. The maximum Gasteiger partial charge on any atom is 0.329 e. The quantitative estimate of drug-likeness (QED) is 0.638. The summed E-state index contributed by atoms with van der Waals surface area (Å²) in [6, 6.07) is 6.19. The number of carboxylic acid groups (broad SMARTS) is 1. The lowest BCUT2D eigenvalue weighted by Crippen LogP contribution is -2.44. The van der Waals surface area contributed by atoms with Crippen molar-refractivity contribution in [1.29, 1.82) is 0 Å². The van der Waals surface area contributed by atoms with E-state index in [0.29, 0.717) is 17.3 Å². The standard InChI is InChI=1S/C13H15BrN2O5S/c14-9-2-1-3-10(8-9)22(20,21)15-7-4-11(17)16-13(5-6-13)12(18)19/h1-3,8,15H,4-7H2,(H,16,17)(H,18,19). The maximum atomic E-state index is 12.0. The minimum atomic E-state index is -3.70. The first kappa shape index (κ1) is 16.9. The van der Waals surface area contributed by atoms with Crippen LogP contribution in [0.2, 0.25) is 0 Å². The Hall–Kier alpha value is -1.45. The third-order valence-corrected chi connectivity index (χ3v) is 5.24. The van der Waals surface area contributed by atoms with Gasteiger partial charge in [0.25, 0.3) is 0 Å². The zero-order valence-electron chi connectivity index (χ0n) is 11.5. The molecule has 2 rings (SSSR count). The third-order valence-electron chi connectivity index (χ3n) is 3.29. The van der Waals surface area contributed by atoms with Crippen LogP contribution >= 0.6 is 15.9 Å². The van der Waals surface area contributed by atoms with Gasteiger partial charge in [0.05, 0.1) is 4.90 Å². The monoisotopic (exact) mass is 390 g/mol. The van der Waals surface area contributed by atoms with Gasteiger partial charge in [-0.3, -0.25) is 4.79 Å². The van der Waals surface area contributed by atoms with Gasteiger partial charge >= 0.3 is 5.97 Å². The highest BCUT2D eigenvalue weighted by molar-refractivity contribution is 9.10. The zero-order valence-corrected chi connectivity index (χ0v) is 13.9. The van der Waals surface area contributed by atoms with Crippen molar-refractivity contribution in [1.82, 2.24) is 10.0 Å². The molecule has 0 heterocycles. The van der Waals surface area contributed by atoms with Gasteiger partial charge in [-0.1, -0.05) is 22.0 Å². The zero-order chi connectivity index (χ0) is 16.4. The number of halogens is 1. The largest absolute Gasteiger partial charge is 0.480 e. The van der Waals surface area contributed by atoms with E-state index in [1.165, 1.54) is 12.1 Å². The van der Waals surface area contributed by atoms with E-state index in [-0.39, 0.29) is 17.9 Å². The molecule has 0 saturated heterocycles. The van der Waals surface area contributed by atoms with E-state index in [0.717, 1.165) is 0 Å². The average molecular weight is 391 g/mol. The summed E-state index contributed by atoms with van der Waals surface area (Å²) in [6.45, 7) is -0.101. The van der Waals surface area contributed by atoms with Crippen LogP contribution in [0.25, 0.3) is 0 Å². The number of carbonyl (C=O) groups excluding carboxylic acids is 1. The minimum Gasteiger partial charge on any atom is -0.480 e. The van der Waals surface area contributed by atoms with Gasteiger partial charge in [0.2, 0.25) is 15.9 Å². The number of benzene rings is 1. The second kappa shape index (κ2) is 6.35. The van der Waals surface area contributed by atoms with E-state index >= 15 is 0 Å². The molecule has 1 amide bonds. The van der Waals surface area contributed by atoms with Gasteiger partial charge in [0.1, 0.15) is 5.54 Å². The van der Waals surface area contributed by atoms with Crippen LogP contribution in [0.3, 0.4) is 0 Å². The van der Waals surface area contributed by atoms with Crippen LogP contribution in [-0.4, -0.2) is 37.5 Å². The molecule has 1 fully saturated rings. The molecule has 7 nitrogen and oxygen atoms in total. The van der Waals surface area contributed by atoms with E-state index in [9.17, 15) is 18.0 Å². The minimum absolute atomic E-state index is 0.0893. The predicted molar refractivity (Wildman–Crippen MR) is 81.7 cm³/mol. The average Bonchev–Trinajstić information content (AvgIpc) is 3.19. The maximum absolute atomic E-state index is 12.0. The number of sulfonamides is 1. The van der Waals surface area contributed by atoms with E-state index in [1.807, 2.05) is 0 Å². The molecule has 22 heavy (non-hydrogen) atoms. The molecule has 120 valence electrons. The van der Waals surface area contributed by atoms with Crippen molar-refractivity contribution in [2.75, 3.05) is 6.54 Å². The van der Waals surface area contributed by atoms with Crippen molar-refractivity contribution < 1.29 is 23.1 Å². The summed E-state index contributed by atoms with van der Waals surface area (Å²) in [6.07, 6.45) is 0.679. The number of amides is 1. The van der Waals surface area contributed by atoms with Crippen molar-refractivity contribution in [3.8, 4) is 0 Å². The van der Waals surface area contributed by atoms with Gasteiger partial charge in [-0.15, -0.1) is 0 Å². The molecule has 1 aromatic rings. The Balaban J connectivity index is 1.85. The highest BCUT2D eigenvalue weighted by Gasteiger charge is 2.51. The molecule has 0 spiro atoms. The SMILES string of the molecule is O=C(CCNS(=O)(=O)c1cccc(Br)c1)NC1(C(=O)O)CC1. The Morgan fingerprint density at radius 1 is 1.32 bits per heavy atom. The van der Waals surface area contributed by atoms with E-state index in [2.05, 4.69) is 26.0 Å². The van der Waals surface area contributed by atoms with Gasteiger partial charge in [-0.2, -0.15) is 0 Å². The number of hydrogen-bond donors (Lipinski definition) is 3. The summed E-state index contributed by atoms with van der Waals surface area (Å²) in [4.78, 5) is 22.7. The number of carboxylic acids is 1. The molecule has 9 heteroatoms. The van der Waals surface area contributed by atoms with Gasteiger partial charge in [0.15, 0.2) is 0 Å². The number of hydrogen-bond acceptors (Lipinski definition) is 4. The summed E-state index contributed by atoms with van der Waals surface area (Å²) >= 11 is 3.19. The Kier molecular flexibility index (Phi) is 4.88. The van der Waals surface area contributed by atoms with Crippen molar-refractivity contribution in [2.45, 2.75) is 29.7 Å². The lowest BCUT2D eigenvalue weighted by molar-refractivity contribution is -0.143. The van der Waals surface area contributed by atoms with Crippen LogP contribution in [-0.2, 0) is 19.6 Å². The molecule has 0 aliphatic heterocycles. The number of nitrogens with one attached hydrogen (secondary N) is 2. The molecule has 1 saturated carbocycles. The molecule has 1 aromatic carbocycles. The van der Waals surface area contributed by atoms with Crippen molar-refractivity contribution in [3.05, 3.63) is 28.7 Å². The first-order valence-corrected chi connectivity index (χ1v) is 8.82. The van der Waals surface area contributed by atoms with E-state index in [1.54, 1.807) is 12.1 Å². The summed E-state index contributed by atoms with van der Waals surface area (Å²) in [5.74, 6) is -1.55. The third kappa shape index (κ3) is 4.05. The molecule has 0 atom stereocenters. The Bertz CT molecular complexity index is 700. The Morgan fingerprint density at radius 2 is 2.00 bits per heavy atom. The lowest BCUT2D eigenvalue weighted by atomic mass is 10.2. The highest BCUT2D eigenvalue weighted by atomic mass is 79.9. The number of rotatable bonds is 7. The molecule has 0 radical (unpaired) electrons. The Labute approximate surface area is 136 Å². The predicted octanol–water partition coefficient (Wildman–Crippen LogP) is 0.851. The highest BCUT2D eigenvalue weighted by Crippen LogP contribution is 2.35. The molecule has 0 bridgehead atoms. The molecular formula is C13H15BrN2O5S. The van der Waals surface area contributed by atoms with Crippen LogP contribution in [0, 0.1) is 0 Å². The van der Waals surface area contributed by atoms with Gasteiger partial charge in [0, 0.05) is 17.4 Å². The van der Waals surface area contributed by atoms with Crippen LogP contribution in [0.5, 0.6) is 0 Å². The van der Waals surface area contributed by atoms with Crippen LogP contribution in [0.15, 0.2) is 33.6 Å². The summed E-state index contributed by atoms with van der Waals surface area (Å²) in [7, 11) is -3.70. The molecule has 1 aliphatic carbocycles.